The summed E-state index contributed by atoms with van der Waals surface area (Å²) in [7, 11) is 0. The van der Waals surface area contributed by atoms with Crippen LogP contribution in [0.4, 0.5) is 0 Å². The number of halogens is 1. The van der Waals surface area contributed by atoms with Crippen LogP contribution in [0.3, 0.4) is 0 Å². The van der Waals surface area contributed by atoms with Gasteiger partial charge in [0, 0.05) is 23.5 Å². The molecular formula is C10H12BrN3O. The molecule has 0 bridgehead atoms. The molecule has 0 unspecified atom stereocenters. The highest BCUT2D eigenvalue weighted by atomic mass is 79.9. The lowest BCUT2D eigenvalue weighted by molar-refractivity contribution is 0.229. The zero-order valence-electron chi connectivity index (χ0n) is 8.10. The highest BCUT2D eigenvalue weighted by Crippen LogP contribution is 2.28. The molecule has 0 aromatic heterocycles. The Balaban J connectivity index is 2.00. The number of oxime groups is 1. The monoisotopic (exact) mass is 269 g/mol. The van der Waals surface area contributed by atoms with E-state index in [-0.39, 0.29) is 5.96 Å². The Bertz CT molecular complexity index is 388. The summed E-state index contributed by atoms with van der Waals surface area (Å²) in [5, 5.41) is 11.5. The van der Waals surface area contributed by atoms with Gasteiger partial charge in [0.15, 0.2) is 0 Å². The van der Waals surface area contributed by atoms with Crippen LogP contribution in [-0.2, 0) is 0 Å². The van der Waals surface area contributed by atoms with Crippen molar-refractivity contribution in [3.05, 3.63) is 34.3 Å². The first-order chi connectivity index (χ1) is 7.20. The summed E-state index contributed by atoms with van der Waals surface area (Å²) in [5.41, 5.74) is 6.75. The van der Waals surface area contributed by atoms with Crippen molar-refractivity contribution in [2.24, 2.45) is 10.9 Å². The van der Waals surface area contributed by atoms with Gasteiger partial charge in [-0.1, -0.05) is 33.2 Å². The number of guanidine groups is 1. The first-order valence-electron chi connectivity index (χ1n) is 4.68. The van der Waals surface area contributed by atoms with Crippen LogP contribution in [0.2, 0.25) is 0 Å². The molecule has 4 nitrogen and oxygen atoms in total. The number of nitrogens with two attached hydrogens (primary N) is 1. The topological polar surface area (TPSA) is 61.9 Å². The second-order valence-corrected chi connectivity index (χ2v) is 4.53. The van der Waals surface area contributed by atoms with Crippen LogP contribution < -0.4 is 5.73 Å². The van der Waals surface area contributed by atoms with E-state index in [2.05, 4.69) is 33.2 Å². The molecule has 0 aliphatic carbocycles. The second kappa shape index (κ2) is 4.10. The van der Waals surface area contributed by atoms with E-state index in [1.807, 2.05) is 17.0 Å². The van der Waals surface area contributed by atoms with Crippen molar-refractivity contribution in [1.82, 2.24) is 4.90 Å². The number of nitrogens with zero attached hydrogens (tertiary/aromatic N) is 2. The molecule has 3 N–H and O–H groups in total. The number of likely N-dealkylation sites (tertiary alicyclic amines) is 1. The Morgan fingerprint density at radius 3 is 2.87 bits per heavy atom. The summed E-state index contributed by atoms with van der Waals surface area (Å²) in [6, 6.07) is 8.22. The van der Waals surface area contributed by atoms with Gasteiger partial charge < -0.3 is 15.8 Å². The lowest BCUT2D eigenvalue weighted by Crippen LogP contribution is -2.51. The molecule has 1 aliphatic rings. The maximum atomic E-state index is 8.48. The summed E-state index contributed by atoms with van der Waals surface area (Å²) < 4.78 is 1.09. The molecule has 1 fully saturated rings. The van der Waals surface area contributed by atoms with Gasteiger partial charge in [0.2, 0.25) is 5.96 Å². The van der Waals surface area contributed by atoms with E-state index in [9.17, 15) is 0 Å². The molecular weight excluding hydrogens is 258 g/mol. The van der Waals surface area contributed by atoms with Crippen LogP contribution in [0.15, 0.2) is 33.9 Å². The highest BCUT2D eigenvalue weighted by Gasteiger charge is 2.29. The zero-order chi connectivity index (χ0) is 10.8. The second-order valence-electron chi connectivity index (χ2n) is 3.62. The molecule has 0 atom stereocenters. The van der Waals surface area contributed by atoms with Crippen molar-refractivity contribution >= 4 is 21.9 Å². The first kappa shape index (κ1) is 10.3. The van der Waals surface area contributed by atoms with Crippen molar-refractivity contribution in [1.29, 1.82) is 0 Å². The number of hydrogen-bond acceptors (Lipinski definition) is 2. The van der Waals surface area contributed by atoms with Crippen LogP contribution in [-0.4, -0.2) is 29.2 Å². The lowest BCUT2D eigenvalue weighted by Gasteiger charge is -2.39. The van der Waals surface area contributed by atoms with E-state index < -0.39 is 0 Å². The Hall–Kier alpha value is -1.23. The minimum atomic E-state index is 0.196. The Labute approximate surface area is 96.5 Å². The third-order valence-corrected chi connectivity index (χ3v) is 3.12. The van der Waals surface area contributed by atoms with Crippen molar-refractivity contribution < 1.29 is 5.21 Å². The van der Waals surface area contributed by atoms with Gasteiger partial charge in [0.1, 0.15) is 0 Å². The Kier molecular flexibility index (Phi) is 2.81. The summed E-state index contributed by atoms with van der Waals surface area (Å²) in [6.45, 7) is 1.62. The van der Waals surface area contributed by atoms with Crippen molar-refractivity contribution in [2.75, 3.05) is 13.1 Å². The van der Waals surface area contributed by atoms with Crippen LogP contribution in [0.5, 0.6) is 0 Å². The van der Waals surface area contributed by atoms with Gasteiger partial charge in [-0.05, 0) is 17.7 Å². The molecule has 1 aromatic rings. The predicted molar refractivity (Wildman–Crippen MR) is 61.9 cm³/mol. The molecule has 2 rings (SSSR count). The van der Waals surface area contributed by atoms with Crippen LogP contribution >= 0.6 is 15.9 Å². The molecule has 5 heteroatoms. The van der Waals surface area contributed by atoms with Gasteiger partial charge in [-0.15, -0.1) is 0 Å². The van der Waals surface area contributed by atoms with Crippen LogP contribution in [0, 0.1) is 0 Å². The maximum Gasteiger partial charge on any atom is 0.233 e. The molecule has 0 amide bonds. The zero-order valence-corrected chi connectivity index (χ0v) is 9.68. The molecule has 0 radical (unpaired) electrons. The number of hydrogen-bond donors (Lipinski definition) is 2. The van der Waals surface area contributed by atoms with Crippen LogP contribution in [0.1, 0.15) is 11.5 Å². The molecule has 1 saturated heterocycles. The number of benzene rings is 1. The van der Waals surface area contributed by atoms with E-state index in [1.165, 1.54) is 5.56 Å². The van der Waals surface area contributed by atoms with E-state index in [0.29, 0.717) is 5.92 Å². The fourth-order valence-corrected chi connectivity index (χ4v) is 2.12. The van der Waals surface area contributed by atoms with E-state index in [1.54, 1.807) is 0 Å². The average molecular weight is 270 g/mol. The Morgan fingerprint density at radius 1 is 1.53 bits per heavy atom. The fraction of sp³-hybridized carbons (Fsp3) is 0.300. The fourth-order valence-electron chi connectivity index (χ4n) is 1.70. The van der Waals surface area contributed by atoms with Gasteiger partial charge in [0.05, 0.1) is 0 Å². The molecule has 15 heavy (non-hydrogen) atoms. The van der Waals surface area contributed by atoms with Gasteiger partial charge in [-0.2, -0.15) is 0 Å². The lowest BCUT2D eigenvalue weighted by atomic mass is 9.92. The predicted octanol–water partition coefficient (Wildman–Crippen LogP) is 1.55. The van der Waals surface area contributed by atoms with E-state index in [4.69, 9.17) is 10.9 Å². The van der Waals surface area contributed by atoms with Gasteiger partial charge >= 0.3 is 0 Å². The highest BCUT2D eigenvalue weighted by molar-refractivity contribution is 9.10. The normalized spacial score (nSPS) is 17.7. The molecule has 1 aliphatic heterocycles. The molecule has 1 heterocycles. The quantitative estimate of drug-likeness (QED) is 0.352. The van der Waals surface area contributed by atoms with Gasteiger partial charge in [0.25, 0.3) is 0 Å². The maximum absolute atomic E-state index is 8.48. The average Bonchev–Trinajstić information content (AvgIpc) is 2.15. The minimum Gasteiger partial charge on any atom is -0.408 e. The van der Waals surface area contributed by atoms with Crippen molar-refractivity contribution in [3.63, 3.8) is 0 Å². The standard InChI is InChI=1S/C10H12BrN3O/c11-9-3-1-2-7(4-9)8-5-14(6-8)10(12)13-15/h1-4,8,15H,5-6H2,(H2,12,13). The summed E-state index contributed by atoms with van der Waals surface area (Å²) in [5.74, 6) is 0.670. The Morgan fingerprint density at radius 2 is 2.27 bits per heavy atom. The molecule has 0 spiro atoms. The molecule has 1 aromatic carbocycles. The summed E-state index contributed by atoms with van der Waals surface area (Å²) in [6.07, 6.45) is 0. The smallest absolute Gasteiger partial charge is 0.233 e. The SMILES string of the molecule is N/C(=N\O)N1CC(c2cccc(Br)c2)C1. The van der Waals surface area contributed by atoms with E-state index >= 15 is 0 Å². The van der Waals surface area contributed by atoms with Gasteiger partial charge in [-0.3, -0.25) is 0 Å². The summed E-state index contributed by atoms with van der Waals surface area (Å²) in [4.78, 5) is 1.84. The van der Waals surface area contributed by atoms with Crippen LogP contribution in [0.25, 0.3) is 0 Å². The molecule has 80 valence electrons. The third kappa shape index (κ3) is 2.07. The third-order valence-electron chi connectivity index (χ3n) is 2.63. The van der Waals surface area contributed by atoms with Crippen molar-refractivity contribution in [2.45, 2.75) is 5.92 Å². The number of rotatable bonds is 1. The van der Waals surface area contributed by atoms with E-state index in [0.717, 1.165) is 17.6 Å². The van der Waals surface area contributed by atoms with Gasteiger partial charge in [-0.25, -0.2) is 0 Å². The first-order valence-corrected chi connectivity index (χ1v) is 5.48. The summed E-state index contributed by atoms with van der Waals surface area (Å²) >= 11 is 3.44. The largest absolute Gasteiger partial charge is 0.408 e. The minimum absolute atomic E-state index is 0.196. The van der Waals surface area contributed by atoms with Crippen molar-refractivity contribution in [3.8, 4) is 0 Å². The molecule has 0 saturated carbocycles.